The zero-order valence-corrected chi connectivity index (χ0v) is 13.2. The summed E-state index contributed by atoms with van der Waals surface area (Å²) in [6.45, 7) is 5.41. The van der Waals surface area contributed by atoms with Gasteiger partial charge in [0.25, 0.3) is 0 Å². The van der Waals surface area contributed by atoms with Crippen LogP contribution in [0.25, 0.3) is 0 Å². The minimum atomic E-state index is -0.931. The Morgan fingerprint density at radius 3 is 2.33 bits per heavy atom. The van der Waals surface area contributed by atoms with Gasteiger partial charge in [0, 0.05) is 0 Å². The molecule has 1 atom stereocenters. The maximum absolute atomic E-state index is 5.99. The predicted molar refractivity (Wildman–Crippen MR) is 82.4 cm³/mol. The highest BCUT2D eigenvalue weighted by atomic mass is 28.3. The molecule has 0 heterocycles. The molecule has 0 saturated heterocycles. The lowest BCUT2D eigenvalue weighted by atomic mass is 10.1. The first kappa shape index (κ1) is 15.5. The van der Waals surface area contributed by atoms with Crippen LogP contribution < -0.4 is 0 Å². The fourth-order valence-electron chi connectivity index (χ4n) is 2.11. The first-order chi connectivity index (χ1) is 8.83. The molecule has 1 unspecified atom stereocenters. The third kappa shape index (κ3) is 7.67. The molecule has 1 aromatic rings. The number of benzene rings is 1. The molecular formula is C16H28OSi. The lowest BCUT2D eigenvalue weighted by Gasteiger charge is -2.11. The molecule has 0 N–H and O–H groups in total. The number of hydrogen-bond donors (Lipinski definition) is 0. The summed E-state index contributed by atoms with van der Waals surface area (Å²) in [5.74, 6) is 0. The minimum Gasteiger partial charge on any atom is -0.416 e. The second-order valence-corrected chi connectivity index (χ2v) is 7.70. The Morgan fingerprint density at radius 1 is 0.944 bits per heavy atom. The fraction of sp³-hybridized carbons (Fsp3) is 0.625. The predicted octanol–water partition coefficient (Wildman–Crippen LogP) is 4.92. The molecule has 0 spiro atoms. The van der Waals surface area contributed by atoms with Crippen molar-refractivity contribution in [1.29, 1.82) is 0 Å². The lowest BCUT2D eigenvalue weighted by Crippen LogP contribution is -2.12. The Balaban J connectivity index is 1.99. The highest BCUT2D eigenvalue weighted by Crippen LogP contribution is 2.11. The summed E-state index contributed by atoms with van der Waals surface area (Å²) in [7, 11) is -0.931. The van der Waals surface area contributed by atoms with Crippen LogP contribution in [-0.4, -0.2) is 9.04 Å². The Morgan fingerprint density at radius 2 is 1.61 bits per heavy atom. The summed E-state index contributed by atoms with van der Waals surface area (Å²) in [5.41, 5.74) is 1.31. The molecule has 1 aromatic carbocycles. The smallest absolute Gasteiger partial charge is 0.174 e. The van der Waals surface area contributed by atoms with Crippen LogP contribution in [0, 0.1) is 0 Å². The van der Waals surface area contributed by atoms with Crippen LogP contribution in [0.2, 0.25) is 12.6 Å². The van der Waals surface area contributed by atoms with Gasteiger partial charge in [-0.1, -0.05) is 75.8 Å². The van der Waals surface area contributed by atoms with Gasteiger partial charge in [0.2, 0.25) is 0 Å². The quantitative estimate of drug-likeness (QED) is 0.430. The average Bonchev–Trinajstić information content (AvgIpc) is 2.41. The van der Waals surface area contributed by atoms with Crippen molar-refractivity contribution in [3.8, 4) is 0 Å². The van der Waals surface area contributed by atoms with Crippen molar-refractivity contribution in [2.45, 2.75) is 64.6 Å². The first-order valence-electron chi connectivity index (χ1n) is 7.48. The average molecular weight is 264 g/mol. The molecule has 0 aromatic heterocycles. The summed E-state index contributed by atoms with van der Waals surface area (Å²) >= 11 is 0. The molecule has 1 rings (SSSR count). The monoisotopic (exact) mass is 264 g/mol. The Hall–Kier alpha value is -0.603. The van der Waals surface area contributed by atoms with E-state index in [1.165, 1.54) is 50.1 Å². The van der Waals surface area contributed by atoms with Crippen LogP contribution in [0.15, 0.2) is 30.3 Å². The highest BCUT2D eigenvalue weighted by Gasteiger charge is 2.04. The van der Waals surface area contributed by atoms with Gasteiger partial charge in [0.05, 0.1) is 6.61 Å². The standard InChI is InChI=1S/C16H28OSi/c1-3-4-5-6-7-11-14-18(2)17-15-16-12-9-8-10-13-16/h8-10,12-13,18H,3-7,11,14-15H2,1-2H3. The Kier molecular flexibility index (Phi) is 8.87. The maximum Gasteiger partial charge on any atom is 0.174 e. The first-order valence-corrected chi connectivity index (χ1v) is 9.92. The molecule has 0 saturated carbocycles. The number of hydrogen-bond acceptors (Lipinski definition) is 1. The second kappa shape index (κ2) is 10.3. The third-order valence-electron chi connectivity index (χ3n) is 3.34. The largest absolute Gasteiger partial charge is 0.416 e. The van der Waals surface area contributed by atoms with Crippen LogP contribution in [0.3, 0.4) is 0 Å². The molecular weight excluding hydrogens is 236 g/mol. The lowest BCUT2D eigenvalue weighted by molar-refractivity contribution is 0.309. The van der Waals surface area contributed by atoms with E-state index in [0.717, 1.165) is 6.61 Å². The van der Waals surface area contributed by atoms with Crippen molar-refractivity contribution >= 4 is 9.04 Å². The van der Waals surface area contributed by atoms with Gasteiger partial charge in [-0.05, 0) is 18.2 Å². The van der Waals surface area contributed by atoms with Crippen LogP contribution in [-0.2, 0) is 11.0 Å². The molecule has 0 aliphatic carbocycles. The Bertz CT molecular complexity index is 286. The zero-order valence-electron chi connectivity index (χ0n) is 12.0. The van der Waals surface area contributed by atoms with Crippen molar-refractivity contribution in [2.75, 3.05) is 0 Å². The maximum atomic E-state index is 5.99. The number of rotatable bonds is 10. The van der Waals surface area contributed by atoms with Crippen molar-refractivity contribution in [3.63, 3.8) is 0 Å². The van der Waals surface area contributed by atoms with Gasteiger partial charge in [-0.15, -0.1) is 0 Å². The second-order valence-electron chi connectivity index (χ2n) is 5.16. The van der Waals surface area contributed by atoms with E-state index in [9.17, 15) is 0 Å². The summed E-state index contributed by atoms with van der Waals surface area (Å²) in [6, 6.07) is 11.8. The van der Waals surface area contributed by atoms with Crippen LogP contribution >= 0.6 is 0 Å². The van der Waals surface area contributed by atoms with E-state index in [1.807, 2.05) is 0 Å². The molecule has 0 amide bonds. The SMILES string of the molecule is CCCCCCCC[SiH](C)OCc1ccccc1. The van der Waals surface area contributed by atoms with E-state index < -0.39 is 9.04 Å². The van der Waals surface area contributed by atoms with Crippen molar-refractivity contribution < 1.29 is 4.43 Å². The van der Waals surface area contributed by atoms with E-state index in [2.05, 4.69) is 43.8 Å². The topological polar surface area (TPSA) is 9.23 Å². The van der Waals surface area contributed by atoms with E-state index >= 15 is 0 Å². The van der Waals surface area contributed by atoms with E-state index in [-0.39, 0.29) is 0 Å². The molecule has 0 radical (unpaired) electrons. The third-order valence-corrected chi connectivity index (χ3v) is 5.30. The van der Waals surface area contributed by atoms with Crippen molar-refractivity contribution in [1.82, 2.24) is 0 Å². The molecule has 0 aliphatic heterocycles. The van der Waals surface area contributed by atoms with Gasteiger partial charge >= 0.3 is 0 Å². The highest BCUT2D eigenvalue weighted by molar-refractivity contribution is 6.50. The van der Waals surface area contributed by atoms with Crippen LogP contribution in [0.4, 0.5) is 0 Å². The molecule has 102 valence electrons. The van der Waals surface area contributed by atoms with Crippen LogP contribution in [0.1, 0.15) is 51.0 Å². The molecule has 18 heavy (non-hydrogen) atoms. The van der Waals surface area contributed by atoms with Gasteiger partial charge in [0.1, 0.15) is 0 Å². The molecule has 2 heteroatoms. The summed E-state index contributed by atoms with van der Waals surface area (Å²) in [4.78, 5) is 0. The molecule has 1 nitrogen and oxygen atoms in total. The Labute approximate surface area is 114 Å². The summed E-state index contributed by atoms with van der Waals surface area (Å²) in [5, 5.41) is 0. The molecule has 0 bridgehead atoms. The van der Waals surface area contributed by atoms with Gasteiger partial charge in [-0.25, -0.2) is 0 Å². The van der Waals surface area contributed by atoms with Crippen molar-refractivity contribution in [2.24, 2.45) is 0 Å². The molecule has 0 aliphatic rings. The van der Waals surface area contributed by atoms with Crippen molar-refractivity contribution in [3.05, 3.63) is 35.9 Å². The number of unbranched alkanes of at least 4 members (excludes halogenated alkanes) is 5. The summed E-state index contributed by atoms with van der Waals surface area (Å²) in [6.07, 6.45) is 8.33. The zero-order chi connectivity index (χ0) is 13.1. The van der Waals surface area contributed by atoms with E-state index in [0.29, 0.717) is 0 Å². The minimum absolute atomic E-state index is 0.810. The fourth-order valence-corrected chi connectivity index (χ4v) is 3.62. The summed E-state index contributed by atoms with van der Waals surface area (Å²) < 4.78 is 5.99. The van der Waals surface area contributed by atoms with Gasteiger partial charge in [0.15, 0.2) is 9.04 Å². The van der Waals surface area contributed by atoms with Gasteiger partial charge in [-0.2, -0.15) is 0 Å². The van der Waals surface area contributed by atoms with E-state index in [1.54, 1.807) is 0 Å². The van der Waals surface area contributed by atoms with Gasteiger partial charge in [-0.3, -0.25) is 0 Å². The van der Waals surface area contributed by atoms with Crippen LogP contribution in [0.5, 0.6) is 0 Å². The van der Waals surface area contributed by atoms with Gasteiger partial charge < -0.3 is 4.43 Å². The van der Waals surface area contributed by atoms with E-state index in [4.69, 9.17) is 4.43 Å². The normalized spacial score (nSPS) is 12.6. The molecule has 0 fully saturated rings.